The Morgan fingerprint density at radius 2 is 1.72 bits per heavy atom. The van der Waals surface area contributed by atoms with Crippen LogP contribution >= 0.6 is 0 Å². The summed E-state index contributed by atoms with van der Waals surface area (Å²) in [5.74, 6) is 5.96. The molecule has 2 aromatic carbocycles. The van der Waals surface area contributed by atoms with Crippen LogP contribution in [0.15, 0.2) is 48.5 Å². The first-order chi connectivity index (χ1) is 12.2. The fourth-order valence-electron chi connectivity index (χ4n) is 2.03. The van der Waals surface area contributed by atoms with Gasteiger partial charge in [0.1, 0.15) is 11.5 Å². The summed E-state index contributed by atoms with van der Waals surface area (Å²) in [5.41, 5.74) is 1.24. The molecule has 0 aliphatic heterocycles. The average molecular weight is 335 g/mol. The molecular weight excluding hydrogens is 322 g/mol. The summed E-state index contributed by atoms with van der Waals surface area (Å²) in [6, 6.07) is 14.4. The van der Waals surface area contributed by atoms with Gasteiger partial charge in [-0.1, -0.05) is 29.2 Å². The maximum Gasteiger partial charge on any atom is 0.362 e. The van der Waals surface area contributed by atoms with Crippen LogP contribution in [0.5, 0.6) is 17.4 Å². The minimum atomic E-state index is -1.22. The molecule has 0 spiro atoms. The number of carboxylic acids is 1. The number of hydrogen-bond donors (Lipinski definition) is 2. The Labute approximate surface area is 143 Å². The lowest BCUT2D eigenvalue weighted by Crippen LogP contribution is -1.99. The number of benzene rings is 2. The summed E-state index contributed by atoms with van der Waals surface area (Å²) in [6.45, 7) is 0. The fourth-order valence-corrected chi connectivity index (χ4v) is 2.03. The van der Waals surface area contributed by atoms with Crippen molar-refractivity contribution in [3.05, 3.63) is 65.4 Å². The van der Waals surface area contributed by atoms with E-state index in [0.29, 0.717) is 11.3 Å². The Morgan fingerprint density at radius 1 is 1.08 bits per heavy atom. The van der Waals surface area contributed by atoms with Crippen LogP contribution in [0.1, 0.15) is 21.6 Å². The zero-order valence-corrected chi connectivity index (χ0v) is 13.2. The van der Waals surface area contributed by atoms with E-state index in [1.54, 1.807) is 25.3 Å². The minimum Gasteiger partial charge on any atom is -0.497 e. The van der Waals surface area contributed by atoms with E-state index in [0.717, 1.165) is 11.3 Å². The van der Waals surface area contributed by atoms with Gasteiger partial charge in [0, 0.05) is 11.1 Å². The largest absolute Gasteiger partial charge is 0.497 e. The lowest BCUT2D eigenvalue weighted by atomic mass is 10.1. The van der Waals surface area contributed by atoms with Gasteiger partial charge in [-0.2, -0.15) is 0 Å². The number of nitrogens with zero attached hydrogens (tertiary/aromatic N) is 2. The maximum absolute atomic E-state index is 11.0. The van der Waals surface area contributed by atoms with E-state index in [4.69, 9.17) is 14.6 Å². The summed E-state index contributed by atoms with van der Waals surface area (Å²) in [5, 5.41) is 18.3. The number of aromatic amines is 1. The molecular formula is C18H13N3O4. The molecule has 0 unspecified atom stereocenters. The van der Waals surface area contributed by atoms with Crippen molar-refractivity contribution in [1.29, 1.82) is 0 Å². The van der Waals surface area contributed by atoms with Crippen LogP contribution in [0.25, 0.3) is 0 Å². The molecule has 0 aliphatic rings. The third-order valence-corrected chi connectivity index (χ3v) is 3.19. The Morgan fingerprint density at radius 3 is 2.36 bits per heavy atom. The molecule has 124 valence electrons. The Hall–Kier alpha value is -3.79. The van der Waals surface area contributed by atoms with Crippen LogP contribution in [0.4, 0.5) is 0 Å². The predicted molar refractivity (Wildman–Crippen MR) is 88.8 cm³/mol. The molecule has 0 saturated heterocycles. The molecule has 0 amide bonds. The third-order valence-electron chi connectivity index (χ3n) is 3.19. The first-order valence-electron chi connectivity index (χ1n) is 7.24. The Bertz CT molecular complexity index is 969. The van der Waals surface area contributed by atoms with E-state index in [1.807, 2.05) is 30.3 Å². The van der Waals surface area contributed by atoms with E-state index >= 15 is 0 Å². The lowest BCUT2D eigenvalue weighted by molar-refractivity contribution is 0.0687. The Kier molecular flexibility index (Phi) is 4.62. The van der Waals surface area contributed by atoms with Crippen molar-refractivity contribution in [3.63, 3.8) is 0 Å². The van der Waals surface area contributed by atoms with E-state index in [2.05, 4.69) is 27.3 Å². The molecule has 7 nitrogen and oxygen atoms in total. The monoisotopic (exact) mass is 335 g/mol. The zero-order chi connectivity index (χ0) is 17.6. The highest BCUT2D eigenvalue weighted by Crippen LogP contribution is 2.22. The third kappa shape index (κ3) is 3.95. The van der Waals surface area contributed by atoms with Gasteiger partial charge in [0.2, 0.25) is 5.69 Å². The maximum atomic E-state index is 11.0. The van der Waals surface area contributed by atoms with E-state index in [-0.39, 0.29) is 11.6 Å². The van der Waals surface area contributed by atoms with Crippen LogP contribution in [0.3, 0.4) is 0 Å². The molecule has 3 aromatic rings. The van der Waals surface area contributed by atoms with Crippen molar-refractivity contribution in [2.75, 3.05) is 7.11 Å². The molecule has 25 heavy (non-hydrogen) atoms. The van der Waals surface area contributed by atoms with Crippen LogP contribution in [-0.4, -0.2) is 33.6 Å². The van der Waals surface area contributed by atoms with E-state index in [1.165, 1.54) is 0 Å². The SMILES string of the molecule is COc1cccc(C#Cc2cccc(Oc3[nH]nnc3C(=O)O)c2)c1. The van der Waals surface area contributed by atoms with Gasteiger partial charge < -0.3 is 14.6 Å². The molecule has 0 radical (unpaired) electrons. The number of carboxylic acid groups (broad SMARTS) is 1. The van der Waals surface area contributed by atoms with Crippen LogP contribution in [0, 0.1) is 11.8 Å². The van der Waals surface area contributed by atoms with Gasteiger partial charge in [-0.25, -0.2) is 9.89 Å². The summed E-state index contributed by atoms with van der Waals surface area (Å²) in [7, 11) is 1.60. The number of ether oxygens (including phenoxy) is 2. The number of carbonyl (C=O) groups is 1. The molecule has 2 N–H and O–H groups in total. The Balaban J connectivity index is 1.81. The van der Waals surface area contributed by atoms with Gasteiger partial charge in [0.15, 0.2) is 0 Å². The average Bonchev–Trinajstić information content (AvgIpc) is 3.09. The predicted octanol–water partition coefficient (Wildman–Crippen LogP) is 2.70. The number of H-pyrrole nitrogens is 1. The van der Waals surface area contributed by atoms with Gasteiger partial charge in [-0.15, -0.1) is 5.10 Å². The van der Waals surface area contributed by atoms with Crippen molar-refractivity contribution < 1.29 is 19.4 Å². The number of methoxy groups -OCH3 is 1. The summed E-state index contributed by atoms with van der Waals surface area (Å²) < 4.78 is 10.7. The number of rotatable bonds is 4. The highest BCUT2D eigenvalue weighted by atomic mass is 16.5. The van der Waals surface area contributed by atoms with Crippen molar-refractivity contribution in [1.82, 2.24) is 15.4 Å². The summed E-state index contributed by atoms with van der Waals surface area (Å²) in [4.78, 5) is 11.0. The quantitative estimate of drug-likeness (QED) is 0.712. The van der Waals surface area contributed by atoms with E-state index in [9.17, 15) is 4.79 Å². The number of aromatic nitrogens is 3. The molecule has 0 bridgehead atoms. The minimum absolute atomic E-state index is 0.0367. The second kappa shape index (κ2) is 7.19. The molecule has 0 aliphatic carbocycles. The van der Waals surface area contributed by atoms with Crippen LogP contribution in [-0.2, 0) is 0 Å². The van der Waals surface area contributed by atoms with E-state index < -0.39 is 5.97 Å². The zero-order valence-electron chi connectivity index (χ0n) is 13.2. The molecule has 1 heterocycles. The summed E-state index contributed by atoms with van der Waals surface area (Å²) in [6.07, 6.45) is 0. The van der Waals surface area contributed by atoms with Crippen molar-refractivity contribution in [2.45, 2.75) is 0 Å². The van der Waals surface area contributed by atoms with Crippen LogP contribution < -0.4 is 9.47 Å². The first kappa shape index (κ1) is 16.1. The normalized spacial score (nSPS) is 9.80. The number of aromatic carboxylic acids is 1. The van der Waals surface area contributed by atoms with Crippen molar-refractivity contribution >= 4 is 5.97 Å². The molecule has 1 aromatic heterocycles. The van der Waals surface area contributed by atoms with Gasteiger partial charge in [0.25, 0.3) is 5.88 Å². The highest BCUT2D eigenvalue weighted by Gasteiger charge is 2.16. The second-order valence-corrected chi connectivity index (χ2v) is 4.91. The van der Waals surface area contributed by atoms with Gasteiger partial charge >= 0.3 is 5.97 Å². The number of hydrogen-bond acceptors (Lipinski definition) is 5. The molecule has 7 heteroatoms. The first-order valence-corrected chi connectivity index (χ1v) is 7.24. The highest BCUT2D eigenvalue weighted by molar-refractivity contribution is 5.87. The van der Waals surface area contributed by atoms with Gasteiger partial charge in [-0.05, 0) is 36.4 Å². The molecule has 3 rings (SSSR count). The van der Waals surface area contributed by atoms with Crippen molar-refractivity contribution in [2.24, 2.45) is 0 Å². The van der Waals surface area contributed by atoms with Gasteiger partial charge in [0.05, 0.1) is 7.11 Å². The van der Waals surface area contributed by atoms with Crippen LogP contribution in [0.2, 0.25) is 0 Å². The topological polar surface area (TPSA) is 97.3 Å². The van der Waals surface area contributed by atoms with Crippen molar-refractivity contribution in [3.8, 4) is 29.2 Å². The molecule has 0 fully saturated rings. The summed E-state index contributed by atoms with van der Waals surface area (Å²) >= 11 is 0. The van der Waals surface area contributed by atoms with Gasteiger partial charge in [-0.3, -0.25) is 0 Å². The molecule has 0 saturated carbocycles. The molecule has 0 atom stereocenters. The lowest BCUT2D eigenvalue weighted by Gasteiger charge is -2.03. The standard InChI is InChI=1S/C18H13N3O4/c1-24-14-6-2-4-12(10-14)8-9-13-5-3-7-15(11-13)25-17-16(18(22)23)19-21-20-17/h2-7,10-11H,1H3,(H,22,23)(H,19,20,21). The number of nitrogens with one attached hydrogen (secondary N) is 1. The fraction of sp³-hybridized carbons (Fsp3) is 0.0556. The smallest absolute Gasteiger partial charge is 0.362 e. The second-order valence-electron chi connectivity index (χ2n) is 4.91.